The quantitative estimate of drug-likeness (QED) is 0.633. The van der Waals surface area contributed by atoms with Crippen LogP contribution in [-0.4, -0.2) is 36.0 Å². The Kier molecular flexibility index (Phi) is 8.03. The second kappa shape index (κ2) is 10.9. The number of esters is 1. The Labute approximate surface area is 179 Å². The molecule has 0 saturated heterocycles. The van der Waals surface area contributed by atoms with E-state index in [1.165, 1.54) is 0 Å². The molecular formula is C25H32N2O3. The summed E-state index contributed by atoms with van der Waals surface area (Å²) in [5.41, 5.74) is 3.07. The van der Waals surface area contributed by atoms with E-state index < -0.39 is 6.04 Å². The van der Waals surface area contributed by atoms with Crippen LogP contribution in [-0.2, 0) is 20.9 Å². The van der Waals surface area contributed by atoms with Crippen molar-refractivity contribution in [2.24, 2.45) is 0 Å². The monoisotopic (exact) mass is 408 g/mol. The van der Waals surface area contributed by atoms with Crippen LogP contribution >= 0.6 is 0 Å². The van der Waals surface area contributed by atoms with Crippen LogP contribution in [0.15, 0.2) is 54.6 Å². The van der Waals surface area contributed by atoms with Crippen LogP contribution in [0.2, 0.25) is 0 Å². The van der Waals surface area contributed by atoms with Crippen molar-refractivity contribution in [3.05, 3.63) is 71.3 Å². The zero-order chi connectivity index (χ0) is 21.3. The number of hydrogen-bond donors (Lipinski definition) is 1. The maximum absolute atomic E-state index is 13.5. The summed E-state index contributed by atoms with van der Waals surface area (Å²) in [6.07, 6.45) is 4.33. The third kappa shape index (κ3) is 6.17. The van der Waals surface area contributed by atoms with Crippen LogP contribution in [0.3, 0.4) is 0 Å². The van der Waals surface area contributed by atoms with E-state index in [0.29, 0.717) is 13.2 Å². The highest BCUT2D eigenvalue weighted by molar-refractivity contribution is 5.84. The van der Waals surface area contributed by atoms with Gasteiger partial charge in [-0.2, -0.15) is 0 Å². The van der Waals surface area contributed by atoms with E-state index in [4.69, 9.17) is 4.74 Å². The molecule has 1 saturated carbocycles. The highest BCUT2D eigenvalue weighted by Gasteiger charge is 2.31. The second-order valence-corrected chi connectivity index (χ2v) is 8.00. The van der Waals surface area contributed by atoms with Crippen LogP contribution in [0.1, 0.15) is 55.3 Å². The number of aryl methyl sites for hydroxylation is 1. The van der Waals surface area contributed by atoms with Crippen LogP contribution in [0.4, 0.5) is 0 Å². The van der Waals surface area contributed by atoms with E-state index >= 15 is 0 Å². The third-order valence-electron chi connectivity index (χ3n) is 5.57. The predicted octanol–water partition coefficient (Wildman–Crippen LogP) is 4.16. The fourth-order valence-corrected chi connectivity index (χ4v) is 4.06. The standard InChI is InChI=1S/C25H32N2O3/c1-3-30-23(28)18-27(17-20-9-5-4-6-10-20)24(21-15-13-19(2)14-16-21)25(29)26-22-11-7-8-12-22/h4-6,9-10,13-16,22,24H,3,7-8,11-12,17-18H2,1-2H3,(H,26,29). The third-order valence-corrected chi connectivity index (χ3v) is 5.57. The summed E-state index contributed by atoms with van der Waals surface area (Å²) in [7, 11) is 0. The molecule has 0 spiro atoms. The van der Waals surface area contributed by atoms with Crippen LogP contribution in [0.5, 0.6) is 0 Å². The number of ether oxygens (including phenoxy) is 1. The molecule has 1 aliphatic carbocycles. The molecule has 0 radical (unpaired) electrons. The first-order valence-electron chi connectivity index (χ1n) is 10.9. The minimum atomic E-state index is -0.559. The molecule has 0 heterocycles. The van der Waals surface area contributed by atoms with Gasteiger partial charge in [0.25, 0.3) is 0 Å². The lowest BCUT2D eigenvalue weighted by atomic mass is 10.0. The summed E-state index contributed by atoms with van der Waals surface area (Å²) in [6.45, 7) is 4.68. The Hall–Kier alpha value is -2.66. The molecule has 1 amide bonds. The maximum atomic E-state index is 13.5. The Balaban J connectivity index is 1.91. The van der Waals surface area contributed by atoms with Crippen LogP contribution in [0, 0.1) is 6.92 Å². The molecule has 1 atom stereocenters. The predicted molar refractivity (Wildman–Crippen MR) is 118 cm³/mol. The van der Waals surface area contributed by atoms with Crippen LogP contribution < -0.4 is 5.32 Å². The van der Waals surface area contributed by atoms with Gasteiger partial charge in [0, 0.05) is 12.6 Å². The van der Waals surface area contributed by atoms with Crippen molar-refractivity contribution in [1.82, 2.24) is 10.2 Å². The van der Waals surface area contributed by atoms with Crippen molar-refractivity contribution < 1.29 is 14.3 Å². The molecule has 0 aliphatic heterocycles. The van der Waals surface area contributed by atoms with E-state index in [1.54, 1.807) is 6.92 Å². The topological polar surface area (TPSA) is 58.6 Å². The van der Waals surface area contributed by atoms with Crippen LogP contribution in [0.25, 0.3) is 0 Å². The Morgan fingerprint density at radius 1 is 1.07 bits per heavy atom. The highest BCUT2D eigenvalue weighted by Crippen LogP contribution is 2.26. The summed E-state index contributed by atoms with van der Waals surface area (Å²) in [5.74, 6) is -0.370. The van der Waals surface area contributed by atoms with E-state index in [9.17, 15) is 9.59 Å². The number of carbonyl (C=O) groups is 2. The van der Waals surface area contributed by atoms with Gasteiger partial charge in [0.05, 0.1) is 13.2 Å². The van der Waals surface area contributed by atoms with Gasteiger partial charge in [-0.3, -0.25) is 14.5 Å². The first kappa shape index (κ1) is 22.0. The molecule has 1 unspecified atom stereocenters. The Morgan fingerprint density at radius 3 is 2.37 bits per heavy atom. The van der Waals surface area contributed by atoms with Gasteiger partial charge in [-0.15, -0.1) is 0 Å². The van der Waals surface area contributed by atoms with Gasteiger partial charge < -0.3 is 10.1 Å². The van der Waals surface area contributed by atoms with Gasteiger partial charge in [0.15, 0.2) is 0 Å². The van der Waals surface area contributed by atoms with Crippen molar-refractivity contribution >= 4 is 11.9 Å². The lowest BCUT2D eigenvalue weighted by Gasteiger charge is -2.31. The first-order chi connectivity index (χ1) is 14.6. The lowest BCUT2D eigenvalue weighted by Crippen LogP contribution is -2.45. The fraction of sp³-hybridized carbons (Fsp3) is 0.440. The van der Waals surface area contributed by atoms with Crippen molar-refractivity contribution in [1.29, 1.82) is 0 Å². The zero-order valence-corrected chi connectivity index (χ0v) is 18.0. The number of nitrogens with zero attached hydrogens (tertiary/aromatic N) is 1. The minimum absolute atomic E-state index is 0.0500. The molecule has 1 fully saturated rings. The number of nitrogens with one attached hydrogen (secondary N) is 1. The molecule has 2 aromatic rings. The van der Waals surface area contributed by atoms with Crippen molar-refractivity contribution in [3.63, 3.8) is 0 Å². The largest absolute Gasteiger partial charge is 0.465 e. The average Bonchev–Trinajstić information content (AvgIpc) is 3.23. The summed E-state index contributed by atoms with van der Waals surface area (Å²) in [5, 5.41) is 3.23. The second-order valence-electron chi connectivity index (χ2n) is 8.00. The van der Waals surface area contributed by atoms with Gasteiger partial charge in [0.1, 0.15) is 6.04 Å². The molecule has 30 heavy (non-hydrogen) atoms. The average molecular weight is 409 g/mol. The summed E-state index contributed by atoms with van der Waals surface area (Å²) < 4.78 is 5.22. The van der Waals surface area contributed by atoms with Crippen molar-refractivity contribution in [2.75, 3.05) is 13.2 Å². The van der Waals surface area contributed by atoms with E-state index in [-0.39, 0.29) is 24.5 Å². The molecular weight excluding hydrogens is 376 g/mol. The number of amides is 1. The summed E-state index contributed by atoms with van der Waals surface area (Å²) in [4.78, 5) is 27.8. The Bertz CT molecular complexity index is 814. The normalized spacial score (nSPS) is 15.2. The van der Waals surface area contributed by atoms with Gasteiger partial charge in [-0.05, 0) is 37.8 Å². The van der Waals surface area contributed by atoms with Gasteiger partial charge in [0.2, 0.25) is 5.91 Å². The lowest BCUT2D eigenvalue weighted by molar-refractivity contribution is -0.146. The molecule has 5 nitrogen and oxygen atoms in total. The molecule has 160 valence electrons. The molecule has 2 aromatic carbocycles. The molecule has 0 bridgehead atoms. The maximum Gasteiger partial charge on any atom is 0.320 e. The Morgan fingerprint density at radius 2 is 1.73 bits per heavy atom. The van der Waals surface area contributed by atoms with E-state index in [0.717, 1.165) is 42.4 Å². The number of benzene rings is 2. The molecule has 1 aliphatic rings. The summed E-state index contributed by atoms with van der Waals surface area (Å²) in [6, 6.07) is 17.6. The summed E-state index contributed by atoms with van der Waals surface area (Å²) >= 11 is 0. The van der Waals surface area contributed by atoms with Gasteiger partial charge in [-0.25, -0.2) is 0 Å². The van der Waals surface area contributed by atoms with Crippen molar-refractivity contribution in [3.8, 4) is 0 Å². The molecule has 5 heteroatoms. The van der Waals surface area contributed by atoms with E-state index in [1.807, 2.05) is 66.4 Å². The SMILES string of the molecule is CCOC(=O)CN(Cc1ccccc1)C(C(=O)NC1CCCC1)c1ccc(C)cc1. The molecule has 1 N–H and O–H groups in total. The number of hydrogen-bond acceptors (Lipinski definition) is 4. The fourth-order valence-electron chi connectivity index (χ4n) is 4.06. The van der Waals surface area contributed by atoms with Gasteiger partial charge in [-0.1, -0.05) is 73.0 Å². The van der Waals surface area contributed by atoms with Gasteiger partial charge >= 0.3 is 5.97 Å². The van der Waals surface area contributed by atoms with E-state index in [2.05, 4.69) is 5.32 Å². The molecule has 3 rings (SSSR count). The first-order valence-corrected chi connectivity index (χ1v) is 10.9. The molecule has 0 aromatic heterocycles. The smallest absolute Gasteiger partial charge is 0.320 e. The number of carbonyl (C=O) groups excluding carboxylic acids is 2. The zero-order valence-electron chi connectivity index (χ0n) is 18.0. The van der Waals surface area contributed by atoms with Crippen molar-refractivity contribution in [2.45, 2.75) is 58.2 Å². The minimum Gasteiger partial charge on any atom is -0.465 e. The highest BCUT2D eigenvalue weighted by atomic mass is 16.5. The number of rotatable bonds is 9.